The maximum atomic E-state index is 12.2. The molecule has 0 atom stereocenters. The second-order valence-corrected chi connectivity index (χ2v) is 5.83. The molecule has 6 heteroatoms. The van der Waals surface area contributed by atoms with Gasteiger partial charge in [0.1, 0.15) is 12.4 Å². The van der Waals surface area contributed by atoms with Gasteiger partial charge in [-0.2, -0.15) is 0 Å². The molecule has 0 fully saturated rings. The normalized spacial score (nSPS) is 14.7. The molecule has 118 valence electrons. The Labute approximate surface area is 143 Å². The zero-order valence-corrected chi connectivity index (χ0v) is 13.5. The van der Waals surface area contributed by atoms with Crippen LogP contribution in [-0.2, 0) is 4.79 Å². The smallest absolute Gasteiger partial charge is 0.256 e. The van der Waals surface area contributed by atoms with Crippen molar-refractivity contribution in [2.24, 2.45) is 0 Å². The lowest BCUT2D eigenvalue weighted by Gasteiger charge is -2.09. The minimum atomic E-state index is -0.213. The SMILES string of the molecule is O=C1Nc2cc(Cl)ccc2/C1=C\c1cc(Cl)ccc1OCCO. The molecule has 3 rings (SSSR count). The number of ether oxygens (including phenoxy) is 1. The summed E-state index contributed by atoms with van der Waals surface area (Å²) in [5, 5.41) is 12.8. The molecule has 0 unspecified atom stereocenters. The van der Waals surface area contributed by atoms with Crippen molar-refractivity contribution in [3.8, 4) is 5.75 Å². The van der Waals surface area contributed by atoms with E-state index in [0.717, 1.165) is 5.56 Å². The van der Waals surface area contributed by atoms with Gasteiger partial charge in [0.15, 0.2) is 0 Å². The van der Waals surface area contributed by atoms with E-state index in [1.54, 1.807) is 42.5 Å². The van der Waals surface area contributed by atoms with Gasteiger partial charge < -0.3 is 15.2 Å². The highest BCUT2D eigenvalue weighted by atomic mass is 35.5. The van der Waals surface area contributed by atoms with E-state index in [0.29, 0.717) is 32.6 Å². The highest BCUT2D eigenvalue weighted by molar-refractivity contribution is 6.37. The maximum Gasteiger partial charge on any atom is 0.256 e. The molecule has 23 heavy (non-hydrogen) atoms. The van der Waals surface area contributed by atoms with E-state index >= 15 is 0 Å². The van der Waals surface area contributed by atoms with E-state index in [-0.39, 0.29) is 19.1 Å². The Morgan fingerprint density at radius 3 is 2.65 bits per heavy atom. The zero-order chi connectivity index (χ0) is 16.4. The monoisotopic (exact) mass is 349 g/mol. The van der Waals surface area contributed by atoms with Gasteiger partial charge in [-0.25, -0.2) is 0 Å². The van der Waals surface area contributed by atoms with E-state index in [9.17, 15) is 4.79 Å². The fourth-order valence-corrected chi connectivity index (χ4v) is 2.74. The van der Waals surface area contributed by atoms with Gasteiger partial charge in [0.2, 0.25) is 0 Å². The summed E-state index contributed by atoms with van der Waals surface area (Å²) in [5.74, 6) is 0.335. The van der Waals surface area contributed by atoms with Crippen LogP contribution in [0.5, 0.6) is 5.75 Å². The fourth-order valence-electron chi connectivity index (χ4n) is 2.38. The van der Waals surface area contributed by atoms with Crippen molar-refractivity contribution in [1.82, 2.24) is 0 Å². The number of nitrogens with one attached hydrogen (secondary N) is 1. The van der Waals surface area contributed by atoms with Crippen LogP contribution in [0.25, 0.3) is 11.6 Å². The summed E-state index contributed by atoms with van der Waals surface area (Å²) in [6.07, 6.45) is 1.72. The van der Waals surface area contributed by atoms with Gasteiger partial charge in [0, 0.05) is 26.7 Å². The van der Waals surface area contributed by atoms with E-state index < -0.39 is 0 Å². The highest BCUT2D eigenvalue weighted by Crippen LogP contribution is 2.36. The van der Waals surface area contributed by atoms with E-state index in [2.05, 4.69) is 5.32 Å². The lowest BCUT2D eigenvalue weighted by molar-refractivity contribution is -0.110. The molecule has 0 saturated heterocycles. The molecule has 4 nitrogen and oxygen atoms in total. The molecule has 0 radical (unpaired) electrons. The van der Waals surface area contributed by atoms with Gasteiger partial charge in [0.25, 0.3) is 5.91 Å². The first-order chi connectivity index (χ1) is 11.1. The standard InChI is InChI=1S/C17H13Cl2NO3/c18-11-2-4-16(23-6-5-21)10(7-11)8-14-13-3-1-12(19)9-15(13)20-17(14)22/h1-4,7-9,21H,5-6H2,(H,20,22)/b14-8+. The third kappa shape index (κ3) is 3.34. The van der Waals surface area contributed by atoms with Crippen LogP contribution in [0, 0.1) is 0 Å². The Bertz CT molecular complexity index is 802. The van der Waals surface area contributed by atoms with Crippen LogP contribution in [0.4, 0.5) is 5.69 Å². The number of hydrogen-bond acceptors (Lipinski definition) is 3. The first kappa shape index (κ1) is 15.9. The number of carbonyl (C=O) groups is 1. The summed E-state index contributed by atoms with van der Waals surface area (Å²) in [7, 11) is 0. The molecule has 1 aliphatic rings. The van der Waals surface area contributed by atoms with E-state index in [1.807, 2.05) is 0 Å². The summed E-state index contributed by atoms with van der Waals surface area (Å²) in [6.45, 7) is 0.0661. The Hall–Kier alpha value is -2.01. The minimum Gasteiger partial charge on any atom is -0.491 e. The molecular formula is C17H13Cl2NO3. The summed E-state index contributed by atoms with van der Waals surface area (Å²) in [5.41, 5.74) is 2.62. The third-order valence-electron chi connectivity index (χ3n) is 3.39. The number of halogens is 2. The molecule has 0 aromatic heterocycles. The second-order valence-electron chi connectivity index (χ2n) is 4.96. The Morgan fingerprint density at radius 1 is 1.13 bits per heavy atom. The highest BCUT2D eigenvalue weighted by Gasteiger charge is 2.24. The molecule has 0 aliphatic carbocycles. The summed E-state index contributed by atoms with van der Waals surface area (Å²) in [6, 6.07) is 10.3. The number of anilines is 1. The maximum absolute atomic E-state index is 12.2. The predicted molar refractivity (Wildman–Crippen MR) is 92.0 cm³/mol. The van der Waals surface area contributed by atoms with E-state index in [1.165, 1.54) is 0 Å². The average Bonchev–Trinajstić information content (AvgIpc) is 2.81. The molecule has 1 amide bonds. The quantitative estimate of drug-likeness (QED) is 0.824. The number of benzene rings is 2. The summed E-state index contributed by atoms with van der Waals surface area (Å²) in [4.78, 5) is 12.2. The number of carbonyl (C=O) groups excluding carboxylic acids is 1. The van der Waals surface area contributed by atoms with Crippen molar-refractivity contribution in [3.63, 3.8) is 0 Å². The number of aliphatic hydroxyl groups excluding tert-OH is 1. The largest absolute Gasteiger partial charge is 0.491 e. The number of fused-ring (bicyclic) bond motifs is 1. The van der Waals surface area contributed by atoms with Crippen LogP contribution in [-0.4, -0.2) is 24.2 Å². The molecule has 2 N–H and O–H groups in total. The van der Waals surface area contributed by atoms with Crippen LogP contribution >= 0.6 is 23.2 Å². The van der Waals surface area contributed by atoms with Gasteiger partial charge in [-0.1, -0.05) is 29.3 Å². The lowest BCUT2D eigenvalue weighted by atomic mass is 10.0. The van der Waals surface area contributed by atoms with Crippen LogP contribution in [0.1, 0.15) is 11.1 Å². The van der Waals surface area contributed by atoms with Crippen molar-refractivity contribution < 1.29 is 14.6 Å². The van der Waals surface area contributed by atoms with Crippen LogP contribution < -0.4 is 10.1 Å². The Kier molecular flexibility index (Phi) is 4.57. The average molecular weight is 350 g/mol. The molecule has 0 spiro atoms. The molecular weight excluding hydrogens is 337 g/mol. The van der Waals surface area contributed by atoms with Gasteiger partial charge in [0.05, 0.1) is 12.3 Å². The second kappa shape index (κ2) is 6.62. The van der Waals surface area contributed by atoms with Crippen LogP contribution in [0.3, 0.4) is 0 Å². The van der Waals surface area contributed by atoms with Crippen molar-refractivity contribution >= 4 is 46.4 Å². The fraction of sp³-hybridized carbons (Fsp3) is 0.118. The van der Waals surface area contributed by atoms with Gasteiger partial charge >= 0.3 is 0 Å². The van der Waals surface area contributed by atoms with Gasteiger partial charge in [-0.3, -0.25) is 4.79 Å². The summed E-state index contributed by atoms with van der Waals surface area (Å²) >= 11 is 12.0. The molecule has 2 aromatic carbocycles. The van der Waals surface area contributed by atoms with Crippen LogP contribution in [0.2, 0.25) is 10.0 Å². The molecule has 1 aliphatic heterocycles. The number of aliphatic hydroxyl groups is 1. The topological polar surface area (TPSA) is 58.6 Å². The van der Waals surface area contributed by atoms with Gasteiger partial charge in [-0.05, 0) is 36.4 Å². The molecule has 2 aromatic rings. The first-order valence-corrected chi connectivity index (χ1v) is 7.70. The Balaban J connectivity index is 2.05. The molecule has 1 heterocycles. The number of hydrogen-bond donors (Lipinski definition) is 2. The molecule has 0 bridgehead atoms. The first-order valence-electron chi connectivity index (χ1n) is 6.94. The van der Waals surface area contributed by atoms with Crippen molar-refractivity contribution in [1.29, 1.82) is 0 Å². The van der Waals surface area contributed by atoms with Crippen molar-refractivity contribution in [2.45, 2.75) is 0 Å². The molecule has 0 saturated carbocycles. The van der Waals surface area contributed by atoms with Gasteiger partial charge in [-0.15, -0.1) is 0 Å². The lowest BCUT2D eigenvalue weighted by Crippen LogP contribution is -2.05. The minimum absolute atomic E-state index is 0.0968. The zero-order valence-electron chi connectivity index (χ0n) is 12.0. The number of amides is 1. The summed E-state index contributed by atoms with van der Waals surface area (Å²) < 4.78 is 5.49. The van der Waals surface area contributed by atoms with Crippen LogP contribution in [0.15, 0.2) is 36.4 Å². The number of rotatable bonds is 4. The van der Waals surface area contributed by atoms with Crippen molar-refractivity contribution in [3.05, 3.63) is 57.6 Å². The van der Waals surface area contributed by atoms with Crippen molar-refractivity contribution in [2.75, 3.05) is 18.5 Å². The predicted octanol–water partition coefficient (Wildman–Crippen LogP) is 3.86. The van der Waals surface area contributed by atoms with E-state index in [4.69, 9.17) is 33.0 Å². The third-order valence-corrected chi connectivity index (χ3v) is 3.86. The Morgan fingerprint density at radius 2 is 1.87 bits per heavy atom.